The molecule has 1 saturated heterocycles. The third-order valence-electron chi connectivity index (χ3n) is 6.30. The summed E-state index contributed by atoms with van der Waals surface area (Å²) in [6.07, 6.45) is 4.83. The Hall–Kier alpha value is -2.41. The van der Waals surface area contributed by atoms with Gasteiger partial charge in [0.2, 0.25) is 5.91 Å². The summed E-state index contributed by atoms with van der Waals surface area (Å²) in [7, 11) is 0. The van der Waals surface area contributed by atoms with Gasteiger partial charge in [0, 0.05) is 6.04 Å². The van der Waals surface area contributed by atoms with Crippen LogP contribution in [0.15, 0.2) is 30.3 Å². The van der Waals surface area contributed by atoms with Crippen LogP contribution in [0.25, 0.3) is 0 Å². The lowest BCUT2D eigenvalue weighted by molar-refractivity contribution is -0.151. The predicted molar refractivity (Wildman–Crippen MR) is 112 cm³/mol. The molecular weight excluding hydrogens is 384 g/mol. The maximum atomic E-state index is 13.3. The number of nitrogens with one attached hydrogen (secondary N) is 1. The Morgan fingerprint density at radius 2 is 1.90 bits per heavy atom. The molecule has 2 aliphatic rings. The molecule has 0 bridgehead atoms. The lowest BCUT2D eigenvalue weighted by atomic mass is 9.84. The smallest absolute Gasteiger partial charge is 0.326 e. The molecule has 5 atom stereocenters. The second kappa shape index (κ2) is 10.1. The number of amides is 1. The van der Waals surface area contributed by atoms with E-state index in [-0.39, 0.29) is 24.5 Å². The Bertz CT molecular complexity index is 753. The Morgan fingerprint density at radius 3 is 2.57 bits per heavy atom. The number of rotatable bonds is 8. The number of aliphatic carboxylic acids is 1. The van der Waals surface area contributed by atoms with Crippen LogP contribution in [0.1, 0.15) is 51.5 Å². The standard InChI is InChI=1S/C23H32N2O5/c1-3-30-23(29)18(13-16-9-5-4-6-10-16)24-15(2)21(26)25-19-12-8-7-11-17(19)14-20(25)22(27)28/h4-6,9-10,15,17-20,24H,3,7-8,11-14H2,1-2H3,(H,27,28)/t15?,17?,18-,19?,20-/m0/s1. The second-order valence-electron chi connectivity index (χ2n) is 8.33. The first kappa shape index (κ1) is 22.3. The Labute approximate surface area is 177 Å². The molecule has 2 N–H and O–H groups in total. The van der Waals surface area contributed by atoms with Gasteiger partial charge in [-0.15, -0.1) is 0 Å². The van der Waals surface area contributed by atoms with Gasteiger partial charge in [-0.1, -0.05) is 43.2 Å². The fourth-order valence-electron chi connectivity index (χ4n) is 4.90. The first-order valence-electron chi connectivity index (χ1n) is 10.9. The van der Waals surface area contributed by atoms with E-state index in [0.717, 1.165) is 31.2 Å². The summed E-state index contributed by atoms with van der Waals surface area (Å²) in [4.78, 5) is 39.3. The highest BCUT2D eigenvalue weighted by molar-refractivity contribution is 5.88. The summed E-state index contributed by atoms with van der Waals surface area (Å²) >= 11 is 0. The number of carboxylic acids is 1. The predicted octanol–water partition coefficient (Wildman–Crippen LogP) is 2.38. The van der Waals surface area contributed by atoms with Crippen LogP contribution in [-0.2, 0) is 25.5 Å². The average Bonchev–Trinajstić information content (AvgIpc) is 3.13. The van der Waals surface area contributed by atoms with E-state index in [0.29, 0.717) is 12.8 Å². The molecule has 164 valence electrons. The number of hydrogen-bond acceptors (Lipinski definition) is 5. The lowest BCUT2D eigenvalue weighted by Crippen LogP contribution is -2.56. The number of fused-ring (bicyclic) bond motifs is 1. The van der Waals surface area contributed by atoms with Gasteiger partial charge in [0.1, 0.15) is 12.1 Å². The molecule has 1 aromatic carbocycles. The van der Waals surface area contributed by atoms with E-state index in [4.69, 9.17) is 4.74 Å². The molecule has 0 radical (unpaired) electrons. The van der Waals surface area contributed by atoms with Crippen molar-refractivity contribution in [3.63, 3.8) is 0 Å². The van der Waals surface area contributed by atoms with Crippen LogP contribution in [0, 0.1) is 5.92 Å². The van der Waals surface area contributed by atoms with Crippen molar-refractivity contribution in [3.05, 3.63) is 35.9 Å². The molecule has 30 heavy (non-hydrogen) atoms. The molecule has 7 nitrogen and oxygen atoms in total. The van der Waals surface area contributed by atoms with E-state index in [2.05, 4.69) is 5.32 Å². The Kier molecular flexibility index (Phi) is 7.48. The van der Waals surface area contributed by atoms with Crippen LogP contribution in [0.3, 0.4) is 0 Å². The molecule has 1 saturated carbocycles. The third kappa shape index (κ3) is 5.01. The van der Waals surface area contributed by atoms with Crippen molar-refractivity contribution in [1.29, 1.82) is 0 Å². The van der Waals surface area contributed by atoms with E-state index < -0.39 is 30.1 Å². The maximum Gasteiger partial charge on any atom is 0.326 e. The van der Waals surface area contributed by atoms with E-state index in [1.165, 1.54) is 0 Å². The quantitative estimate of drug-likeness (QED) is 0.632. The first-order valence-corrected chi connectivity index (χ1v) is 10.9. The van der Waals surface area contributed by atoms with Crippen LogP contribution in [0.2, 0.25) is 0 Å². The molecule has 1 heterocycles. The number of esters is 1. The van der Waals surface area contributed by atoms with Crippen molar-refractivity contribution >= 4 is 17.8 Å². The molecule has 2 fully saturated rings. The summed E-state index contributed by atoms with van der Waals surface area (Å²) in [6, 6.07) is 7.38. The minimum absolute atomic E-state index is 0.0215. The maximum absolute atomic E-state index is 13.3. The van der Waals surface area contributed by atoms with Crippen molar-refractivity contribution in [2.45, 2.75) is 76.5 Å². The van der Waals surface area contributed by atoms with E-state index in [1.807, 2.05) is 30.3 Å². The van der Waals surface area contributed by atoms with Crippen molar-refractivity contribution in [2.75, 3.05) is 6.61 Å². The number of likely N-dealkylation sites (tertiary alicyclic amines) is 1. The number of benzene rings is 1. The van der Waals surface area contributed by atoms with Gasteiger partial charge in [-0.25, -0.2) is 4.79 Å². The van der Waals surface area contributed by atoms with Crippen LogP contribution in [0.5, 0.6) is 0 Å². The second-order valence-corrected chi connectivity index (χ2v) is 8.33. The summed E-state index contributed by atoms with van der Waals surface area (Å²) in [5.41, 5.74) is 0.958. The lowest BCUT2D eigenvalue weighted by Gasteiger charge is -2.35. The van der Waals surface area contributed by atoms with Crippen LogP contribution >= 0.6 is 0 Å². The van der Waals surface area contributed by atoms with Gasteiger partial charge in [0.25, 0.3) is 0 Å². The van der Waals surface area contributed by atoms with Crippen LogP contribution < -0.4 is 5.32 Å². The highest BCUT2D eigenvalue weighted by Crippen LogP contribution is 2.40. The fraction of sp³-hybridized carbons (Fsp3) is 0.609. The van der Waals surface area contributed by atoms with Crippen molar-refractivity contribution < 1.29 is 24.2 Å². The summed E-state index contributed by atoms with van der Waals surface area (Å²) < 4.78 is 5.21. The number of carbonyl (C=O) groups excluding carboxylic acids is 2. The van der Waals surface area contributed by atoms with Gasteiger partial charge in [-0.05, 0) is 51.0 Å². The average molecular weight is 417 g/mol. The minimum Gasteiger partial charge on any atom is -0.480 e. The molecule has 3 rings (SSSR count). The first-order chi connectivity index (χ1) is 14.4. The zero-order valence-corrected chi connectivity index (χ0v) is 17.8. The van der Waals surface area contributed by atoms with Gasteiger partial charge in [-0.2, -0.15) is 0 Å². The normalized spacial score (nSPS) is 25.3. The summed E-state index contributed by atoms with van der Waals surface area (Å²) in [5.74, 6) is -1.36. The number of nitrogens with zero attached hydrogens (tertiary/aromatic N) is 1. The van der Waals surface area contributed by atoms with Gasteiger partial charge in [-0.3, -0.25) is 14.9 Å². The number of carbonyl (C=O) groups is 3. The van der Waals surface area contributed by atoms with Gasteiger partial charge >= 0.3 is 11.9 Å². The van der Waals surface area contributed by atoms with Gasteiger partial charge in [0.15, 0.2) is 0 Å². The molecular formula is C23H32N2O5. The van der Waals surface area contributed by atoms with Crippen molar-refractivity contribution in [3.8, 4) is 0 Å². The highest BCUT2D eigenvalue weighted by Gasteiger charge is 2.48. The third-order valence-corrected chi connectivity index (χ3v) is 6.30. The van der Waals surface area contributed by atoms with Crippen LogP contribution in [0.4, 0.5) is 0 Å². The number of hydrogen-bond donors (Lipinski definition) is 2. The zero-order valence-electron chi connectivity index (χ0n) is 17.8. The molecule has 0 aromatic heterocycles. The fourth-order valence-corrected chi connectivity index (χ4v) is 4.90. The topological polar surface area (TPSA) is 95.9 Å². The highest BCUT2D eigenvalue weighted by atomic mass is 16.5. The SMILES string of the molecule is CCOC(=O)[C@H](Cc1ccccc1)NC(C)C(=O)N1C2CCCCC2C[C@H]1C(=O)O. The monoisotopic (exact) mass is 416 g/mol. The molecule has 1 amide bonds. The summed E-state index contributed by atoms with van der Waals surface area (Å²) in [6.45, 7) is 3.71. The largest absolute Gasteiger partial charge is 0.480 e. The van der Waals surface area contributed by atoms with Gasteiger partial charge < -0.3 is 14.7 Å². The van der Waals surface area contributed by atoms with Crippen LogP contribution in [-0.4, -0.2) is 58.6 Å². The molecule has 1 aliphatic carbocycles. The molecule has 7 heteroatoms. The van der Waals surface area contributed by atoms with E-state index >= 15 is 0 Å². The van der Waals surface area contributed by atoms with E-state index in [9.17, 15) is 19.5 Å². The Balaban J connectivity index is 1.74. The van der Waals surface area contributed by atoms with Crippen molar-refractivity contribution in [1.82, 2.24) is 10.2 Å². The molecule has 1 aliphatic heterocycles. The van der Waals surface area contributed by atoms with E-state index in [1.54, 1.807) is 18.7 Å². The molecule has 1 aromatic rings. The zero-order chi connectivity index (χ0) is 21.7. The minimum atomic E-state index is -0.948. The summed E-state index contributed by atoms with van der Waals surface area (Å²) in [5, 5.41) is 12.8. The molecule has 3 unspecified atom stereocenters. The molecule has 0 spiro atoms. The number of carboxylic acid groups (broad SMARTS) is 1. The van der Waals surface area contributed by atoms with Crippen molar-refractivity contribution in [2.24, 2.45) is 5.92 Å². The Morgan fingerprint density at radius 1 is 1.20 bits per heavy atom. The van der Waals surface area contributed by atoms with Gasteiger partial charge in [0.05, 0.1) is 12.6 Å². The number of ether oxygens (including phenoxy) is 1.